The molecule has 3 aromatic carbocycles. The lowest BCUT2D eigenvalue weighted by molar-refractivity contribution is -0.147. The molecule has 51 heavy (non-hydrogen) atoms. The summed E-state index contributed by atoms with van der Waals surface area (Å²) in [6.07, 6.45) is 1.17. The number of primary amides is 1. The fourth-order valence-corrected chi connectivity index (χ4v) is 5.86. The van der Waals surface area contributed by atoms with Crippen molar-refractivity contribution in [1.29, 1.82) is 0 Å². The van der Waals surface area contributed by atoms with Crippen molar-refractivity contribution >= 4 is 47.3 Å². The minimum atomic E-state index is -1.68. The molecule has 1 aliphatic rings. The number of carbonyl (C=O) groups excluding carboxylic acids is 5. The summed E-state index contributed by atoms with van der Waals surface area (Å²) < 4.78 is 0. The fraction of sp³-hybridized carbons (Fsp3) is 0.316. The Hall–Kier alpha value is -5.82. The molecule has 6 N–H and O–H groups in total. The highest BCUT2D eigenvalue weighted by Gasteiger charge is 2.46. The molecule has 1 saturated heterocycles. The molecule has 13 heteroatoms. The van der Waals surface area contributed by atoms with Crippen molar-refractivity contribution in [3.63, 3.8) is 0 Å². The maximum Gasteiger partial charge on any atom is 0.337 e. The Morgan fingerprint density at radius 3 is 2.14 bits per heavy atom. The van der Waals surface area contributed by atoms with Crippen molar-refractivity contribution in [2.24, 2.45) is 11.1 Å². The van der Waals surface area contributed by atoms with Crippen LogP contribution in [0.3, 0.4) is 0 Å². The number of anilines is 1. The van der Waals surface area contributed by atoms with E-state index >= 15 is 0 Å². The number of carboxylic acids is 1. The molecule has 13 nitrogen and oxygen atoms in total. The average Bonchev–Trinajstić information content (AvgIpc) is 3.51. The number of likely N-dealkylation sites (tertiary alicyclic amines) is 1. The molecule has 0 spiro atoms. The van der Waals surface area contributed by atoms with Gasteiger partial charge in [0.2, 0.25) is 29.5 Å². The van der Waals surface area contributed by atoms with Gasteiger partial charge in [0.1, 0.15) is 12.1 Å². The lowest BCUT2D eigenvalue weighted by atomic mass is 9.85. The number of carbonyl (C=O) groups is 6. The Morgan fingerprint density at radius 2 is 1.59 bits per heavy atom. The summed E-state index contributed by atoms with van der Waals surface area (Å²) in [5.74, 6) is -3.83. The van der Waals surface area contributed by atoms with E-state index in [1.54, 1.807) is 45.0 Å². The standard InChI is InChI=1S/C38H43N5O8/c1-23(44)40-28-20-30(35(48)42(21-25-8-6-5-7-9-25)29-17-15-27(16-18-29)34(39)47)43(22-28)36(49)33(38(2,3)4)41-31(45)19-12-24-10-13-26(14-11-24)32(46)37(50)51/h5-19,28,30,32-33,46H,20-22H2,1-4H3,(H2,39,47)(H,40,44)(H,41,45)(H,50,51)/b19-12+/t28-,30?,32?,33+/m0/s1. The normalized spacial score (nSPS) is 17.0. The first-order valence-electron chi connectivity index (χ1n) is 16.4. The Bertz CT molecular complexity index is 1790. The molecule has 0 aliphatic carbocycles. The number of aliphatic hydroxyl groups is 1. The zero-order valence-corrected chi connectivity index (χ0v) is 28.9. The first-order chi connectivity index (χ1) is 24.0. The Kier molecular flexibility index (Phi) is 12.1. The molecule has 1 heterocycles. The van der Waals surface area contributed by atoms with E-state index in [1.165, 1.54) is 53.1 Å². The van der Waals surface area contributed by atoms with Crippen molar-refractivity contribution in [3.8, 4) is 0 Å². The second-order valence-electron chi connectivity index (χ2n) is 13.5. The van der Waals surface area contributed by atoms with Gasteiger partial charge in [0, 0.05) is 36.8 Å². The summed E-state index contributed by atoms with van der Waals surface area (Å²) >= 11 is 0. The van der Waals surface area contributed by atoms with Gasteiger partial charge in [0.05, 0.1) is 6.54 Å². The lowest BCUT2D eigenvalue weighted by Gasteiger charge is -2.36. The zero-order valence-electron chi connectivity index (χ0n) is 28.9. The molecule has 0 radical (unpaired) electrons. The van der Waals surface area contributed by atoms with Crippen molar-refractivity contribution in [3.05, 3.63) is 107 Å². The lowest BCUT2D eigenvalue weighted by Crippen LogP contribution is -2.58. The Balaban J connectivity index is 1.62. The van der Waals surface area contributed by atoms with Gasteiger partial charge < -0.3 is 36.4 Å². The van der Waals surface area contributed by atoms with Gasteiger partial charge in [-0.05, 0) is 58.9 Å². The first kappa shape index (κ1) is 38.0. The van der Waals surface area contributed by atoms with Crippen LogP contribution in [0.4, 0.5) is 5.69 Å². The number of aliphatic carboxylic acids is 1. The molecule has 2 unspecified atom stereocenters. The second kappa shape index (κ2) is 16.3. The number of nitrogens with zero attached hydrogens (tertiary/aromatic N) is 2. The number of carboxylic acid groups (broad SMARTS) is 1. The molecular weight excluding hydrogens is 654 g/mol. The predicted octanol–water partition coefficient (Wildman–Crippen LogP) is 2.79. The minimum Gasteiger partial charge on any atom is -0.479 e. The van der Waals surface area contributed by atoms with Crippen LogP contribution in [0, 0.1) is 5.41 Å². The molecule has 0 saturated carbocycles. The molecule has 3 aromatic rings. The second-order valence-corrected chi connectivity index (χ2v) is 13.5. The third-order valence-corrected chi connectivity index (χ3v) is 8.50. The number of benzene rings is 3. The van der Waals surface area contributed by atoms with Gasteiger partial charge in [-0.25, -0.2) is 4.79 Å². The van der Waals surface area contributed by atoms with Gasteiger partial charge in [-0.15, -0.1) is 0 Å². The average molecular weight is 698 g/mol. The Morgan fingerprint density at radius 1 is 0.961 bits per heavy atom. The van der Waals surface area contributed by atoms with Crippen LogP contribution in [0.5, 0.6) is 0 Å². The molecule has 5 amide bonds. The molecule has 4 rings (SSSR count). The molecule has 4 atom stereocenters. The maximum absolute atomic E-state index is 14.6. The highest BCUT2D eigenvalue weighted by molar-refractivity contribution is 6.02. The number of rotatable bonds is 12. The van der Waals surface area contributed by atoms with Crippen molar-refractivity contribution in [1.82, 2.24) is 15.5 Å². The summed E-state index contributed by atoms with van der Waals surface area (Å²) in [6, 6.07) is 18.9. The molecular formula is C38H43N5O8. The van der Waals surface area contributed by atoms with Crippen LogP contribution >= 0.6 is 0 Å². The smallest absolute Gasteiger partial charge is 0.337 e. The summed E-state index contributed by atoms with van der Waals surface area (Å²) in [5, 5.41) is 24.4. The Labute approximate surface area is 296 Å². The first-order valence-corrected chi connectivity index (χ1v) is 16.4. The van der Waals surface area contributed by atoms with Crippen LogP contribution in [0.1, 0.15) is 67.3 Å². The topological polar surface area (TPSA) is 199 Å². The van der Waals surface area contributed by atoms with Crippen LogP contribution in [0.25, 0.3) is 6.08 Å². The van der Waals surface area contributed by atoms with Gasteiger partial charge in [0.15, 0.2) is 6.10 Å². The third kappa shape index (κ3) is 9.88. The van der Waals surface area contributed by atoms with Crippen molar-refractivity contribution < 1.29 is 39.0 Å². The van der Waals surface area contributed by atoms with Crippen LogP contribution in [0.2, 0.25) is 0 Å². The number of hydrogen-bond donors (Lipinski definition) is 5. The van der Waals surface area contributed by atoms with Gasteiger partial charge in [-0.1, -0.05) is 75.4 Å². The largest absolute Gasteiger partial charge is 0.479 e. The van der Waals surface area contributed by atoms with Gasteiger partial charge in [-0.3, -0.25) is 24.0 Å². The number of nitrogens with one attached hydrogen (secondary N) is 2. The molecule has 0 bridgehead atoms. The van der Waals surface area contributed by atoms with Crippen molar-refractivity contribution in [2.75, 3.05) is 11.4 Å². The molecule has 1 fully saturated rings. The molecule has 268 valence electrons. The molecule has 1 aliphatic heterocycles. The van der Waals surface area contributed by atoms with E-state index in [4.69, 9.17) is 10.8 Å². The van der Waals surface area contributed by atoms with Gasteiger partial charge >= 0.3 is 5.97 Å². The summed E-state index contributed by atoms with van der Waals surface area (Å²) in [6.45, 7) is 6.89. The summed E-state index contributed by atoms with van der Waals surface area (Å²) in [4.78, 5) is 80.0. The van der Waals surface area contributed by atoms with E-state index in [2.05, 4.69) is 10.6 Å². The van der Waals surface area contributed by atoms with Crippen LogP contribution in [-0.4, -0.2) is 75.3 Å². The quantitative estimate of drug-likeness (QED) is 0.178. The SMILES string of the molecule is CC(=O)N[C@H]1CC(C(=O)N(Cc2ccccc2)c2ccc(C(N)=O)cc2)N(C(=O)[C@@H](NC(=O)/C=C/c2ccc(C(O)C(=O)O)cc2)C(C)(C)C)C1. The number of aliphatic hydroxyl groups excluding tert-OH is 1. The predicted molar refractivity (Wildman–Crippen MR) is 190 cm³/mol. The molecule has 0 aromatic heterocycles. The maximum atomic E-state index is 14.6. The monoisotopic (exact) mass is 697 g/mol. The van der Waals surface area contributed by atoms with Crippen LogP contribution in [0.15, 0.2) is 84.9 Å². The van der Waals surface area contributed by atoms with E-state index < -0.39 is 59.2 Å². The van der Waals surface area contributed by atoms with E-state index in [0.717, 1.165) is 5.56 Å². The van der Waals surface area contributed by atoms with E-state index in [1.807, 2.05) is 30.3 Å². The summed E-state index contributed by atoms with van der Waals surface area (Å²) in [7, 11) is 0. The van der Waals surface area contributed by atoms with E-state index in [-0.39, 0.29) is 36.5 Å². The van der Waals surface area contributed by atoms with Gasteiger partial charge in [-0.2, -0.15) is 0 Å². The fourth-order valence-electron chi connectivity index (χ4n) is 5.86. The van der Waals surface area contributed by atoms with E-state index in [0.29, 0.717) is 11.3 Å². The van der Waals surface area contributed by atoms with Crippen LogP contribution in [-0.2, 0) is 30.5 Å². The summed E-state index contributed by atoms with van der Waals surface area (Å²) in [5.41, 5.74) is 6.93. The number of nitrogens with two attached hydrogens (primary N) is 1. The number of hydrogen-bond acceptors (Lipinski definition) is 7. The highest BCUT2D eigenvalue weighted by Crippen LogP contribution is 2.29. The minimum absolute atomic E-state index is 0.0292. The van der Waals surface area contributed by atoms with Crippen molar-refractivity contribution in [2.45, 2.75) is 64.9 Å². The van der Waals surface area contributed by atoms with E-state index in [9.17, 15) is 33.9 Å². The van der Waals surface area contributed by atoms with Gasteiger partial charge in [0.25, 0.3) is 0 Å². The third-order valence-electron chi connectivity index (χ3n) is 8.50. The zero-order chi connectivity index (χ0) is 37.5. The highest BCUT2D eigenvalue weighted by atomic mass is 16.4. The number of amides is 5. The van der Waals surface area contributed by atoms with Crippen LogP contribution < -0.4 is 21.3 Å².